The quantitative estimate of drug-likeness (QED) is 0.771. The van der Waals surface area contributed by atoms with E-state index in [-0.39, 0.29) is 0 Å². The molecule has 0 spiro atoms. The molecule has 0 bridgehead atoms. The molecule has 112 valence electrons. The lowest BCUT2D eigenvalue weighted by Gasteiger charge is -2.27. The van der Waals surface area contributed by atoms with Crippen molar-refractivity contribution < 1.29 is 4.74 Å². The van der Waals surface area contributed by atoms with Gasteiger partial charge in [-0.25, -0.2) is 0 Å². The van der Waals surface area contributed by atoms with E-state index < -0.39 is 0 Å². The van der Waals surface area contributed by atoms with Gasteiger partial charge in [0.25, 0.3) is 0 Å². The number of benzene rings is 1. The summed E-state index contributed by atoms with van der Waals surface area (Å²) in [5, 5.41) is 3.65. The molecule has 0 amide bonds. The first-order chi connectivity index (χ1) is 9.78. The van der Waals surface area contributed by atoms with Crippen LogP contribution in [0.4, 0.5) is 0 Å². The highest BCUT2D eigenvalue weighted by molar-refractivity contribution is 7.99. The maximum atomic E-state index is 5.46. The highest BCUT2D eigenvalue weighted by Crippen LogP contribution is 2.25. The van der Waals surface area contributed by atoms with Crippen LogP contribution in [0.5, 0.6) is 0 Å². The van der Waals surface area contributed by atoms with Gasteiger partial charge in [-0.3, -0.25) is 0 Å². The lowest BCUT2D eigenvalue weighted by molar-refractivity contribution is 0.0614. The van der Waals surface area contributed by atoms with E-state index in [0.29, 0.717) is 6.04 Å². The van der Waals surface area contributed by atoms with E-state index in [9.17, 15) is 0 Å². The molecule has 20 heavy (non-hydrogen) atoms. The molecule has 1 aliphatic rings. The van der Waals surface area contributed by atoms with E-state index in [4.69, 9.17) is 4.74 Å². The largest absolute Gasteiger partial charge is 0.381 e. The van der Waals surface area contributed by atoms with Crippen molar-refractivity contribution in [3.8, 4) is 0 Å². The Balaban J connectivity index is 1.81. The lowest BCUT2D eigenvalue weighted by Crippen LogP contribution is -2.34. The van der Waals surface area contributed by atoms with Crippen molar-refractivity contribution in [1.29, 1.82) is 0 Å². The fourth-order valence-corrected chi connectivity index (χ4v) is 3.88. The Morgan fingerprint density at radius 3 is 2.85 bits per heavy atom. The summed E-state index contributed by atoms with van der Waals surface area (Å²) < 4.78 is 5.46. The highest BCUT2D eigenvalue weighted by Gasteiger charge is 2.18. The number of thioether (sulfide) groups is 1. The van der Waals surface area contributed by atoms with Crippen molar-refractivity contribution in [3.63, 3.8) is 0 Å². The van der Waals surface area contributed by atoms with Crippen LogP contribution in [0.25, 0.3) is 0 Å². The van der Waals surface area contributed by atoms with Gasteiger partial charge < -0.3 is 10.1 Å². The van der Waals surface area contributed by atoms with Gasteiger partial charge in [0.2, 0.25) is 0 Å². The molecule has 2 nitrogen and oxygen atoms in total. The average Bonchev–Trinajstić information content (AvgIpc) is 2.46. The minimum atomic E-state index is 0.619. The summed E-state index contributed by atoms with van der Waals surface area (Å²) in [5.74, 6) is 2.00. The number of aryl methyl sites for hydroxylation is 1. The number of hydrogen-bond acceptors (Lipinski definition) is 3. The maximum absolute atomic E-state index is 5.46. The van der Waals surface area contributed by atoms with Crippen molar-refractivity contribution in [2.75, 3.05) is 25.5 Å². The van der Waals surface area contributed by atoms with Gasteiger partial charge in [0, 0.05) is 29.9 Å². The van der Waals surface area contributed by atoms with Gasteiger partial charge in [-0.1, -0.05) is 24.6 Å². The van der Waals surface area contributed by atoms with Gasteiger partial charge >= 0.3 is 0 Å². The van der Waals surface area contributed by atoms with Crippen LogP contribution in [-0.4, -0.2) is 31.6 Å². The Morgan fingerprint density at radius 2 is 2.15 bits per heavy atom. The van der Waals surface area contributed by atoms with Crippen molar-refractivity contribution in [2.24, 2.45) is 5.92 Å². The van der Waals surface area contributed by atoms with Gasteiger partial charge in [0.05, 0.1) is 0 Å². The Kier molecular flexibility index (Phi) is 6.91. The normalized spacial score (nSPS) is 18.1. The first-order valence-electron chi connectivity index (χ1n) is 7.78. The minimum Gasteiger partial charge on any atom is -0.381 e. The summed E-state index contributed by atoms with van der Waals surface area (Å²) >= 11 is 1.98. The summed E-state index contributed by atoms with van der Waals surface area (Å²) in [6.07, 6.45) is 3.75. The van der Waals surface area contributed by atoms with E-state index in [2.05, 4.69) is 43.4 Å². The molecule has 1 aliphatic heterocycles. The molecule has 1 saturated heterocycles. The third kappa shape index (κ3) is 5.47. The molecule has 1 atom stereocenters. The number of nitrogens with one attached hydrogen (secondary N) is 1. The average molecular weight is 293 g/mol. The van der Waals surface area contributed by atoms with Crippen LogP contribution in [0.15, 0.2) is 29.2 Å². The second-order valence-corrected chi connectivity index (χ2v) is 6.77. The van der Waals surface area contributed by atoms with Crippen LogP contribution in [0.2, 0.25) is 0 Å². The van der Waals surface area contributed by atoms with Crippen LogP contribution in [0.3, 0.4) is 0 Å². The molecule has 1 fully saturated rings. The molecule has 0 radical (unpaired) electrons. The fraction of sp³-hybridized carbons (Fsp3) is 0.647. The predicted octanol–water partition coefficient (Wildman–Crippen LogP) is 3.88. The molecule has 3 heteroatoms. The molecule has 0 aliphatic carbocycles. The van der Waals surface area contributed by atoms with Gasteiger partial charge in [-0.15, -0.1) is 11.8 Å². The zero-order valence-electron chi connectivity index (χ0n) is 12.7. The molecule has 1 aromatic carbocycles. The van der Waals surface area contributed by atoms with E-state index >= 15 is 0 Å². The van der Waals surface area contributed by atoms with E-state index in [1.54, 1.807) is 0 Å². The predicted molar refractivity (Wildman–Crippen MR) is 87.5 cm³/mol. The van der Waals surface area contributed by atoms with Crippen molar-refractivity contribution >= 4 is 11.8 Å². The SMILES string of the molecule is CCNC(CSc1cccc(C)c1)CC1CCOCC1. The van der Waals surface area contributed by atoms with E-state index in [1.807, 2.05) is 11.8 Å². The van der Waals surface area contributed by atoms with Crippen LogP contribution < -0.4 is 5.32 Å². The van der Waals surface area contributed by atoms with Crippen LogP contribution in [-0.2, 0) is 4.74 Å². The van der Waals surface area contributed by atoms with E-state index in [0.717, 1.165) is 31.4 Å². The molecule has 1 N–H and O–H groups in total. The summed E-state index contributed by atoms with van der Waals surface area (Å²) in [7, 11) is 0. The third-order valence-corrected chi connectivity index (χ3v) is 5.05. The van der Waals surface area contributed by atoms with Crippen LogP contribution in [0, 0.1) is 12.8 Å². The molecule has 0 saturated carbocycles. The smallest absolute Gasteiger partial charge is 0.0468 e. The molecular weight excluding hydrogens is 266 g/mol. The Hall–Kier alpha value is -0.510. The number of ether oxygens (including phenoxy) is 1. The van der Waals surface area contributed by atoms with Gasteiger partial charge in [-0.2, -0.15) is 0 Å². The molecule has 2 rings (SSSR count). The van der Waals surface area contributed by atoms with E-state index in [1.165, 1.54) is 29.7 Å². The first kappa shape index (κ1) is 15.9. The third-order valence-electron chi connectivity index (χ3n) is 3.89. The summed E-state index contributed by atoms with van der Waals surface area (Å²) in [5.41, 5.74) is 1.35. The second-order valence-electron chi connectivity index (χ2n) is 5.67. The van der Waals surface area contributed by atoms with Crippen LogP contribution in [0.1, 0.15) is 31.7 Å². The molecule has 1 aromatic rings. The van der Waals surface area contributed by atoms with Gasteiger partial charge in [0.1, 0.15) is 0 Å². The van der Waals surface area contributed by atoms with Crippen molar-refractivity contribution in [1.82, 2.24) is 5.32 Å². The van der Waals surface area contributed by atoms with Crippen LogP contribution >= 0.6 is 11.8 Å². The topological polar surface area (TPSA) is 21.3 Å². The van der Waals surface area contributed by atoms with Crippen molar-refractivity contribution in [3.05, 3.63) is 29.8 Å². The second kappa shape index (κ2) is 8.71. The standard InChI is InChI=1S/C17H27NOS/c1-3-18-16(12-15-7-9-19-10-8-15)13-20-17-6-4-5-14(2)11-17/h4-6,11,15-16,18H,3,7-10,12-13H2,1-2H3. The molecule has 1 unspecified atom stereocenters. The summed E-state index contributed by atoms with van der Waals surface area (Å²) in [4.78, 5) is 1.39. The Labute approximate surface area is 127 Å². The summed E-state index contributed by atoms with van der Waals surface area (Å²) in [6.45, 7) is 7.33. The maximum Gasteiger partial charge on any atom is 0.0468 e. The lowest BCUT2D eigenvalue weighted by atomic mass is 9.93. The highest BCUT2D eigenvalue weighted by atomic mass is 32.2. The number of rotatable bonds is 7. The Morgan fingerprint density at radius 1 is 1.35 bits per heavy atom. The molecular formula is C17H27NOS. The zero-order valence-corrected chi connectivity index (χ0v) is 13.5. The van der Waals surface area contributed by atoms with Gasteiger partial charge in [-0.05, 0) is 50.8 Å². The molecule has 1 heterocycles. The fourth-order valence-electron chi connectivity index (χ4n) is 2.79. The van der Waals surface area contributed by atoms with Crippen molar-refractivity contribution in [2.45, 2.75) is 44.0 Å². The number of hydrogen-bond donors (Lipinski definition) is 1. The zero-order chi connectivity index (χ0) is 14.2. The summed E-state index contributed by atoms with van der Waals surface area (Å²) in [6, 6.07) is 9.43. The molecule has 0 aromatic heterocycles. The first-order valence-corrected chi connectivity index (χ1v) is 8.77. The minimum absolute atomic E-state index is 0.619. The Bertz CT molecular complexity index is 390. The van der Waals surface area contributed by atoms with Gasteiger partial charge in [0.15, 0.2) is 0 Å². The monoisotopic (exact) mass is 293 g/mol.